The summed E-state index contributed by atoms with van der Waals surface area (Å²) < 4.78 is 0. The topological polar surface area (TPSA) is 23.6 Å². The number of para-hydroxylation sites is 1. The summed E-state index contributed by atoms with van der Waals surface area (Å²) in [7, 11) is 0. The molecule has 3 nitrogen and oxygen atoms in total. The van der Waals surface area contributed by atoms with Crippen molar-refractivity contribution in [3.8, 4) is 0 Å². The standard InChI is InChI=1S/C25H22N2OS/c28-25(23-10-5-8-20-6-1-3-9-22(20)23)27-14-13-26(16-19-12-15-29-18-19)24-11-4-2-7-21(24)17-27/h1-12,15,18H,13-14,16-17H2. The Morgan fingerprint density at radius 2 is 1.72 bits per heavy atom. The quantitative estimate of drug-likeness (QED) is 0.451. The summed E-state index contributed by atoms with van der Waals surface area (Å²) in [4.78, 5) is 17.9. The maximum absolute atomic E-state index is 13.5. The molecular weight excluding hydrogens is 376 g/mol. The van der Waals surface area contributed by atoms with Gasteiger partial charge in [-0.2, -0.15) is 11.3 Å². The molecule has 3 aromatic carbocycles. The summed E-state index contributed by atoms with van der Waals surface area (Å²) in [6.45, 7) is 3.04. The van der Waals surface area contributed by atoms with Crippen LogP contribution in [0.4, 0.5) is 5.69 Å². The fraction of sp³-hybridized carbons (Fsp3) is 0.160. The first-order valence-electron chi connectivity index (χ1n) is 9.90. The van der Waals surface area contributed by atoms with Crippen molar-refractivity contribution in [3.05, 3.63) is 100 Å². The van der Waals surface area contributed by atoms with E-state index in [0.717, 1.165) is 29.4 Å². The minimum absolute atomic E-state index is 0.106. The number of hydrogen-bond acceptors (Lipinski definition) is 3. The Bertz CT molecular complexity index is 1150. The van der Waals surface area contributed by atoms with Crippen LogP contribution in [0.1, 0.15) is 21.5 Å². The van der Waals surface area contributed by atoms with E-state index in [-0.39, 0.29) is 5.91 Å². The molecule has 0 N–H and O–H groups in total. The smallest absolute Gasteiger partial charge is 0.254 e. The van der Waals surface area contributed by atoms with Gasteiger partial charge in [0, 0.05) is 37.4 Å². The van der Waals surface area contributed by atoms with E-state index in [1.54, 1.807) is 11.3 Å². The molecule has 29 heavy (non-hydrogen) atoms. The van der Waals surface area contributed by atoms with Crippen molar-refractivity contribution in [1.82, 2.24) is 4.90 Å². The van der Waals surface area contributed by atoms with Crippen LogP contribution in [-0.2, 0) is 13.1 Å². The highest BCUT2D eigenvalue weighted by Gasteiger charge is 2.24. The summed E-state index contributed by atoms with van der Waals surface area (Å²) in [5, 5.41) is 6.45. The molecule has 4 heteroatoms. The summed E-state index contributed by atoms with van der Waals surface area (Å²) in [6.07, 6.45) is 0. The molecule has 0 spiro atoms. The third-order valence-electron chi connectivity index (χ3n) is 5.59. The summed E-state index contributed by atoms with van der Waals surface area (Å²) in [5.74, 6) is 0.106. The van der Waals surface area contributed by atoms with E-state index >= 15 is 0 Å². The molecule has 0 fully saturated rings. The van der Waals surface area contributed by atoms with Crippen LogP contribution in [0.2, 0.25) is 0 Å². The number of anilines is 1. The van der Waals surface area contributed by atoms with Crippen molar-refractivity contribution >= 4 is 33.7 Å². The predicted octanol–water partition coefficient (Wildman–Crippen LogP) is 5.56. The Labute approximate surface area is 174 Å². The molecule has 1 aromatic heterocycles. The van der Waals surface area contributed by atoms with Gasteiger partial charge in [0.05, 0.1) is 0 Å². The van der Waals surface area contributed by atoms with Gasteiger partial charge in [-0.05, 0) is 50.9 Å². The highest BCUT2D eigenvalue weighted by atomic mass is 32.1. The van der Waals surface area contributed by atoms with Gasteiger partial charge < -0.3 is 9.80 Å². The molecular formula is C25H22N2OS. The number of fused-ring (bicyclic) bond motifs is 2. The molecule has 0 atom stereocenters. The van der Waals surface area contributed by atoms with Crippen molar-refractivity contribution in [2.24, 2.45) is 0 Å². The predicted molar refractivity (Wildman–Crippen MR) is 120 cm³/mol. The van der Waals surface area contributed by atoms with Crippen LogP contribution >= 0.6 is 11.3 Å². The first-order chi connectivity index (χ1) is 14.3. The van der Waals surface area contributed by atoms with E-state index in [0.29, 0.717) is 13.1 Å². The van der Waals surface area contributed by atoms with Crippen LogP contribution in [0.25, 0.3) is 10.8 Å². The van der Waals surface area contributed by atoms with E-state index in [4.69, 9.17) is 0 Å². The molecule has 0 radical (unpaired) electrons. The van der Waals surface area contributed by atoms with Crippen LogP contribution in [0.15, 0.2) is 83.6 Å². The molecule has 1 aliphatic heterocycles. The first-order valence-corrected chi connectivity index (χ1v) is 10.8. The number of carbonyl (C=O) groups excluding carboxylic acids is 1. The number of amides is 1. The van der Waals surface area contributed by atoms with Gasteiger partial charge in [0.1, 0.15) is 0 Å². The van der Waals surface area contributed by atoms with Crippen molar-refractivity contribution in [2.75, 3.05) is 18.0 Å². The van der Waals surface area contributed by atoms with Gasteiger partial charge in [0.2, 0.25) is 0 Å². The lowest BCUT2D eigenvalue weighted by Gasteiger charge is -2.24. The lowest BCUT2D eigenvalue weighted by molar-refractivity contribution is 0.0753. The Morgan fingerprint density at radius 1 is 0.897 bits per heavy atom. The average Bonchev–Trinajstić information content (AvgIpc) is 3.21. The average molecular weight is 399 g/mol. The second-order valence-corrected chi connectivity index (χ2v) is 8.22. The highest BCUT2D eigenvalue weighted by Crippen LogP contribution is 2.28. The minimum Gasteiger partial charge on any atom is -0.365 e. The molecule has 5 rings (SSSR count). The Balaban J connectivity index is 1.47. The van der Waals surface area contributed by atoms with Crippen molar-refractivity contribution in [2.45, 2.75) is 13.1 Å². The van der Waals surface area contributed by atoms with Crippen LogP contribution in [0.3, 0.4) is 0 Å². The largest absolute Gasteiger partial charge is 0.365 e. The molecule has 144 valence electrons. The minimum atomic E-state index is 0.106. The zero-order valence-electron chi connectivity index (χ0n) is 16.1. The molecule has 0 saturated carbocycles. The lowest BCUT2D eigenvalue weighted by Crippen LogP contribution is -2.35. The molecule has 0 bridgehead atoms. The van der Waals surface area contributed by atoms with Gasteiger partial charge in [0.25, 0.3) is 5.91 Å². The van der Waals surface area contributed by atoms with Crippen LogP contribution in [0.5, 0.6) is 0 Å². The van der Waals surface area contributed by atoms with E-state index < -0.39 is 0 Å². The van der Waals surface area contributed by atoms with Gasteiger partial charge in [-0.15, -0.1) is 0 Å². The van der Waals surface area contributed by atoms with E-state index in [9.17, 15) is 4.79 Å². The zero-order valence-corrected chi connectivity index (χ0v) is 16.9. The molecule has 0 saturated heterocycles. The second kappa shape index (κ2) is 7.72. The molecule has 4 aromatic rings. The molecule has 0 aliphatic carbocycles. The number of nitrogens with zero attached hydrogens (tertiary/aromatic N) is 2. The maximum Gasteiger partial charge on any atom is 0.254 e. The fourth-order valence-corrected chi connectivity index (χ4v) is 4.78. The van der Waals surface area contributed by atoms with Crippen LogP contribution in [0, 0.1) is 0 Å². The first kappa shape index (κ1) is 18.0. The third kappa shape index (κ3) is 3.52. The Morgan fingerprint density at radius 3 is 2.62 bits per heavy atom. The number of rotatable bonds is 3. The maximum atomic E-state index is 13.5. The Hall–Kier alpha value is -3.11. The van der Waals surface area contributed by atoms with E-state index in [1.165, 1.54) is 16.8 Å². The highest BCUT2D eigenvalue weighted by molar-refractivity contribution is 7.07. The van der Waals surface area contributed by atoms with Crippen LogP contribution in [-0.4, -0.2) is 23.9 Å². The normalized spacial score (nSPS) is 13.9. The number of benzene rings is 3. The Kier molecular flexibility index (Phi) is 4.78. The van der Waals surface area contributed by atoms with Crippen molar-refractivity contribution in [3.63, 3.8) is 0 Å². The van der Waals surface area contributed by atoms with Crippen LogP contribution < -0.4 is 4.90 Å². The van der Waals surface area contributed by atoms with Gasteiger partial charge >= 0.3 is 0 Å². The third-order valence-corrected chi connectivity index (χ3v) is 6.33. The molecule has 1 amide bonds. The van der Waals surface area contributed by atoms with Crippen molar-refractivity contribution in [1.29, 1.82) is 0 Å². The molecule has 2 heterocycles. The lowest BCUT2D eigenvalue weighted by atomic mass is 10.0. The van der Waals surface area contributed by atoms with Gasteiger partial charge in [-0.3, -0.25) is 4.79 Å². The molecule has 1 aliphatic rings. The van der Waals surface area contributed by atoms with E-state index in [1.807, 2.05) is 35.2 Å². The number of carbonyl (C=O) groups is 1. The number of thiophene rings is 1. The number of hydrogen-bond donors (Lipinski definition) is 0. The van der Waals surface area contributed by atoms with Gasteiger partial charge in [0.15, 0.2) is 0 Å². The fourth-order valence-electron chi connectivity index (χ4n) is 4.12. The molecule has 0 unspecified atom stereocenters. The summed E-state index contributed by atoms with van der Waals surface area (Å²) in [5.41, 5.74) is 4.53. The monoisotopic (exact) mass is 398 g/mol. The zero-order chi connectivity index (χ0) is 19.6. The van der Waals surface area contributed by atoms with Crippen molar-refractivity contribution < 1.29 is 4.79 Å². The van der Waals surface area contributed by atoms with Gasteiger partial charge in [-0.25, -0.2) is 0 Å². The summed E-state index contributed by atoms with van der Waals surface area (Å²) >= 11 is 1.73. The van der Waals surface area contributed by atoms with Gasteiger partial charge in [-0.1, -0.05) is 54.6 Å². The second-order valence-electron chi connectivity index (χ2n) is 7.44. The SMILES string of the molecule is O=C(c1cccc2ccccc12)N1CCN(Cc2ccsc2)c2ccccc2C1. The summed E-state index contributed by atoms with van der Waals surface area (Å²) in [6, 6.07) is 24.7. The van der Waals surface area contributed by atoms with E-state index in [2.05, 4.69) is 58.1 Å².